The van der Waals surface area contributed by atoms with Crippen LogP contribution in [0.1, 0.15) is 25.8 Å². The molecule has 3 rings (SSSR count). The smallest absolute Gasteiger partial charge is 0.264 e. The highest BCUT2D eigenvalue weighted by atomic mass is 79.9. The van der Waals surface area contributed by atoms with Crippen molar-refractivity contribution in [2.24, 2.45) is 0 Å². The normalized spacial score (nSPS) is 12.0. The number of likely N-dealkylation sites (N-methyl/N-ethyl adjacent to an activating group) is 1. The molecule has 0 aliphatic heterocycles. The van der Waals surface area contributed by atoms with Gasteiger partial charge in [-0.15, -0.1) is 0 Å². The number of hydrogen-bond donors (Lipinski definition) is 1. The zero-order valence-electron chi connectivity index (χ0n) is 20.3. The lowest BCUT2D eigenvalue weighted by Crippen LogP contribution is -2.52. The SMILES string of the molecule is CCNC(=O)C(CC)N(Cc1ccccc1)C(=O)CN(c1cccc(Br)c1)S(=O)(=O)c1ccccc1. The first-order valence-corrected chi connectivity index (χ1v) is 14.0. The highest BCUT2D eigenvalue weighted by Gasteiger charge is 2.33. The van der Waals surface area contributed by atoms with Crippen molar-refractivity contribution in [1.82, 2.24) is 10.2 Å². The maximum Gasteiger partial charge on any atom is 0.264 e. The number of benzene rings is 3. The van der Waals surface area contributed by atoms with Crippen molar-refractivity contribution in [3.63, 3.8) is 0 Å². The van der Waals surface area contributed by atoms with Crippen LogP contribution in [-0.2, 0) is 26.2 Å². The fourth-order valence-corrected chi connectivity index (χ4v) is 5.69. The molecule has 9 heteroatoms. The fourth-order valence-electron chi connectivity index (χ4n) is 3.87. The van der Waals surface area contributed by atoms with Gasteiger partial charge in [-0.05, 0) is 49.2 Å². The van der Waals surface area contributed by atoms with Gasteiger partial charge in [0.1, 0.15) is 12.6 Å². The summed E-state index contributed by atoms with van der Waals surface area (Å²) in [7, 11) is -4.07. The van der Waals surface area contributed by atoms with Gasteiger partial charge in [0.15, 0.2) is 0 Å². The molecule has 0 aliphatic carbocycles. The van der Waals surface area contributed by atoms with E-state index in [9.17, 15) is 18.0 Å². The Labute approximate surface area is 221 Å². The summed E-state index contributed by atoms with van der Waals surface area (Å²) in [6.07, 6.45) is 0.382. The Hall–Kier alpha value is -3.17. The minimum atomic E-state index is -4.07. The minimum absolute atomic E-state index is 0.0724. The summed E-state index contributed by atoms with van der Waals surface area (Å²) in [6.45, 7) is 3.78. The number of nitrogens with one attached hydrogen (secondary N) is 1. The number of hydrogen-bond acceptors (Lipinski definition) is 4. The van der Waals surface area contributed by atoms with Crippen molar-refractivity contribution >= 4 is 43.5 Å². The first kappa shape index (κ1) is 27.4. The largest absolute Gasteiger partial charge is 0.355 e. The predicted octanol–water partition coefficient (Wildman–Crippen LogP) is 4.59. The summed E-state index contributed by atoms with van der Waals surface area (Å²) in [5.41, 5.74) is 1.18. The molecule has 0 aliphatic rings. The third-order valence-corrected chi connectivity index (χ3v) is 7.92. The van der Waals surface area contributed by atoms with Crippen molar-refractivity contribution < 1.29 is 18.0 Å². The summed E-state index contributed by atoms with van der Waals surface area (Å²) >= 11 is 3.39. The molecule has 0 radical (unpaired) electrons. The lowest BCUT2D eigenvalue weighted by molar-refractivity contribution is -0.140. The third kappa shape index (κ3) is 6.73. The van der Waals surface area contributed by atoms with E-state index in [2.05, 4.69) is 21.2 Å². The van der Waals surface area contributed by atoms with Gasteiger partial charge in [-0.2, -0.15) is 0 Å². The molecule has 190 valence electrons. The molecule has 0 heterocycles. The number of anilines is 1. The second-order valence-electron chi connectivity index (χ2n) is 8.13. The molecule has 0 saturated heterocycles. The van der Waals surface area contributed by atoms with E-state index >= 15 is 0 Å². The van der Waals surface area contributed by atoms with E-state index < -0.39 is 28.5 Å². The average molecular weight is 573 g/mol. The molecule has 0 aromatic heterocycles. The quantitative estimate of drug-likeness (QED) is 0.364. The van der Waals surface area contributed by atoms with E-state index in [4.69, 9.17) is 0 Å². The Morgan fingerprint density at radius 3 is 2.14 bits per heavy atom. The first-order chi connectivity index (χ1) is 17.3. The zero-order chi connectivity index (χ0) is 26.1. The van der Waals surface area contributed by atoms with E-state index in [1.54, 1.807) is 42.5 Å². The molecule has 7 nitrogen and oxygen atoms in total. The van der Waals surface area contributed by atoms with Crippen molar-refractivity contribution in [2.75, 3.05) is 17.4 Å². The van der Waals surface area contributed by atoms with Crippen LogP contribution >= 0.6 is 15.9 Å². The van der Waals surface area contributed by atoms with Crippen LogP contribution < -0.4 is 9.62 Å². The highest BCUT2D eigenvalue weighted by molar-refractivity contribution is 9.10. The molecule has 0 saturated carbocycles. The molecule has 36 heavy (non-hydrogen) atoms. The molecule has 1 N–H and O–H groups in total. The number of amides is 2. The van der Waals surface area contributed by atoms with E-state index in [1.807, 2.05) is 44.2 Å². The molecule has 0 fully saturated rings. The molecular formula is C27H30BrN3O4S. The van der Waals surface area contributed by atoms with Crippen LogP contribution in [0.4, 0.5) is 5.69 Å². The summed E-state index contributed by atoms with van der Waals surface area (Å²) in [5, 5.41) is 2.80. The van der Waals surface area contributed by atoms with Gasteiger partial charge in [-0.25, -0.2) is 8.42 Å². The standard InChI is InChI=1S/C27H30BrN3O4S/c1-3-25(27(33)29-4-2)30(19-21-12-7-5-8-13-21)26(32)20-31(23-15-11-14-22(28)18-23)36(34,35)24-16-9-6-10-17-24/h5-18,25H,3-4,19-20H2,1-2H3,(H,29,33). The Bertz CT molecular complexity index is 1270. The fraction of sp³-hybridized carbons (Fsp3) is 0.259. The lowest BCUT2D eigenvalue weighted by atomic mass is 10.1. The molecule has 0 bridgehead atoms. The van der Waals surface area contributed by atoms with Gasteiger partial charge in [0, 0.05) is 17.6 Å². The summed E-state index contributed by atoms with van der Waals surface area (Å²) in [6, 6.07) is 23.4. The Kier molecular flexibility index (Phi) is 9.66. The van der Waals surface area contributed by atoms with E-state index in [0.717, 1.165) is 9.87 Å². The van der Waals surface area contributed by atoms with Gasteiger partial charge in [0.05, 0.1) is 10.6 Å². The number of carbonyl (C=O) groups is 2. The summed E-state index contributed by atoms with van der Waals surface area (Å²) < 4.78 is 29.2. The molecular weight excluding hydrogens is 542 g/mol. The zero-order valence-corrected chi connectivity index (χ0v) is 22.7. The van der Waals surface area contributed by atoms with Crippen LogP contribution in [0.25, 0.3) is 0 Å². The molecule has 2 amide bonds. The monoisotopic (exact) mass is 571 g/mol. The van der Waals surface area contributed by atoms with E-state index in [-0.39, 0.29) is 17.3 Å². The van der Waals surface area contributed by atoms with Crippen molar-refractivity contribution in [3.05, 3.63) is 95.0 Å². The molecule has 0 spiro atoms. The average Bonchev–Trinajstić information content (AvgIpc) is 2.88. The van der Waals surface area contributed by atoms with Crippen molar-refractivity contribution in [1.29, 1.82) is 0 Å². The van der Waals surface area contributed by atoms with Crippen LogP contribution in [0.15, 0.2) is 94.3 Å². The lowest BCUT2D eigenvalue weighted by Gasteiger charge is -2.33. The van der Waals surface area contributed by atoms with Crippen molar-refractivity contribution in [2.45, 2.75) is 37.8 Å². The maximum atomic E-state index is 13.8. The summed E-state index contributed by atoms with van der Waals surface area (Å²) in [4.78, 5) is 28.3. The van der Waals surface area contributed by atoms with Crippen LogP contribution in [0.3, 0.4) is 0 Å². The molecule has 1 unspecified atom stereocenters. The van der Waals surface area contributed by atoms with Gasteiger partial charge in [0.25, 0.3) is 10.0 Å². The van der Waals surface area contributed by atoms with Crippen LogP contribution in [0, 0.1) is 0 Å². The molecule has 3 aromatic carbocycles. The number of nitrogens with zero attached hydrogens (tertiary/aromatic N) is 2. The number of halogens is 1. The topological polar surface area (TPSA) is 86.8 Å². The number of sulfonamides is 1. The second-order valence-corrected chi connectivity index (χ2v) is 10.9. The van der Waals surface area contributed by atoms with Gasteiger partial charge < -0.3 is 10.2 Å². The third-order valence-electron chi connectivity index (χ3n) is 5.64. The van der Waals surface area contributed by atoms with Crippen LogP contribution in [0.2, 0.25) is 0 Å². The minimum Gasteiger partial charge on any atom is -0.355 e. The van der Waals surface area contributed by atoms with Gasteiger partial charge in [-0.1, -0.05) is 77.5 Å². The number of carbonyl (C=O) groups excluding carboxylic acids is 2. The first-order valence-electron chi connectivity index (χ1n) is 11.7. The van der Waals surface area contributed by atoms with Crippen LogP contribution in [-0.4, -0.2) is 44.3 Å². The second kappa shape index (κ2) is 12.7. The Morgan fingerprint density at radius 1 is 0.917 bits per heavy atom. The van der Waals surface area contributed by atoms with Gasteiger partial charge >= 0.3 is 0 Å². The van der Waals surface area contributed by atoms with E-state index in [1.165, 1.54) is 17.0 Å². The van der Waals surface area contributed by atoms with E-state index in [0.29, 0.717) is 23.1 Å². The summed E-state index contributed by atoms with van der Waals surface area (Å²) in [5.74, 6) is -0.749. The number of rotatable bonds is 11. The van der Waals surface area contributed by atoms with Crippen molar-refractivity contribution in [3.8, 4) is 0 Å². The Balaban J connectivity index is 2.04. The van der Waals surface area contributed by atoms with Gasteiger partial charge in [0.2, 0.25) is 11.8 Å². The molecule has 1 atom stereocenters. The predicted molar refractivity (Wildman–Crippen MR) is 145 cm³/mol. The van der Waals surface area contributed by atoms with Crippen LogP contribution in [0.5, 0.6) is 0 Å². The Morgan fingerprint density at radius 2 is 1.56 bits per heavy atom. The molecule has 3 aromatic rings. The maximum absolute atomic E-state index is 13.8. The highest BCUT2D eigenvalue weighted by Crippen LogP contribution is 2.27. The van der Waals surface area contributed by atoms with Gasteiger partial charge in [-0.3, -0.25) is 13.9 Å².